The zero-order chi connectivity index (χ0) is 32.0. The fourth-order valence-corrected chi connectivity index (χ4v) is 8.09. The molecule has 4 aromatic heterocycles. The van der Waals surface area contributed by atoms with Gasteiger partial charge >= 0.3 is 6.03 Å². The first kappa shape index (κ1) is 28.3. The van der Waals surface area contributed by atoms with Crippen LogP contribution in [0.4, 0.5) is 10.5 Å². The molecule has 6 heterocycles. The van der Waals surface area contributed by atoms with Crippen molar-refractivity contribution in [3.63, 3.8) is 0 Å². The first-order chi connectivity index (χ1) is 22.9. The third kappa shape index (κ3) is 4.43. The summed E-state index contributed by atoms with van der Waals surface area (Å²) in [6, 6.07) is 16.2. The Morgan fingerprint density at radius 1 is 1.11 bits per heavy atom. The van der Waals surface area contributed by atoms with E-state index < -0.39 is 0 Å². The largest absolute Gasteiger partial charge is 0.494 e. The van der Waals surface area contributed by atoms with Gasteiger partial charge in [-0.05, 0) is 74.8 Å². The predicted octanol–water partition coefficient (Wildman–Crippen LogP) is 4.84. The summed E-state index contributed by atoms with van der Waals surface area (Å²) in [5.41, 5.74) is 14.1. The van der Waals surface area contributed by atoms with Gasteiger partial charge in [-0.25, -0.2) is 14.3 Å². The first-order valence-electron chi connectivity index (χ1n) is 16.7. The summed E-state index contributed by atoms with van der Waals surface area (Å²) in [4.78, 5) is 35.3. The van der Waals surface area contributed by atoms with Crippen molar-refractivity contribution in [2.75, 3.05) is 31.6 Å². The Bertz CT molecular complexity index is 2090. The summed E-state index contributed by atoms with van der Waals surface area (Å²) in [5.74, 6) is 1.57. The monoisotopic (exact) mass is 630 g/mol. The number of likely N-dealkylation sites (tertiary alicyclic amines) is 1. The third-order valence-electron chi connectivity index (χ3n) is 10.8. The van der Waals surface area contributed by atoms with Crippen LogP contribution in [0.15, 0.2) is 54.7 Å². The van der Waals surface area contributed by atoms with E-state index in [-0.39, 0.29) is 24.0 Å². The van der Waals surface area contributed by atoms with Crippen molar-refractivity contribution in [1.82, 2.24) is 29.4 Å². The molecule has 3 atom stereocenters. The van der Waals surface area contributed by atoms with Gasteiger partial charge in [-0.1, -0.05) is 18.2 Å². The average molecular weight is 631 g/mol. The highest BCUT2D eigenvalue weighted by Gasteiger charge is 2.47. The highest BCUT2D eigenvalue weighted by molar-refractivity contribution is 5.99. The quantitative estimate of drug-likeness (QED) is 0.266. The third-order valence-corrected chi connectivity index (χ3v) is 10.8. The molecule has 2 saturated carbocycles. The maximum Gasteiger partial charge on any atom is 0.322 e. The molecule has 4 aliphatic rings. The molecule has 3 N–H and O–H groups in total. The van der Waals surface area contributed by atoms with E-state index in [0.29, 0.717) is 42.8 Å². The Balaban J connectivity index is 1.15. The van der Waals surface area contributed by atoms with Gasteiger partial charge in [0.25, 0.3) is 5.91 Å². The summed E-state index contributed by atoms with van der Waals surface area (Å²) >= 11 is 0. The molecular formula is C36H38N8O3. The molecule has 5 aromatic rings. The molecule has 2 unspecified atom stereocenters. The molecule has 4 fully saturated rings. The van der Waals surface area contributed by atoms with E-state index in [1.807, 2.05) is 47.5 Å². The van der Waals surface area contributed by atoms with E-state index in [2.05, 4.69) is 28.9 Å². The highest BCUT2D eigenvalue weighted by Crippen LogP contribution is 2.41. The first-order valence-corrected chi connectivity index (χ1v) is 16.7. The van der Waals surface area contributed by atoms with Crippen LogP contribution in [0.2, 0.25) is 0 Å². The summed E-state index contributed by atoms with van der Waals surface area (Å²) in [6.07, 6.45) is 6.27. The van der Waals surface area contributed by atoms with E-state index in [9.17, 15) is 9.59 Å². The molecule has 2 bridgehead atoms. The van der Waals surface area contributed by atoms with Gasteiger partial charge in [0.1, 0.15) is 22.6 Å². The standard InChI is InChI=1S/C36H38N8O3/c1-20-32(40-44-19-24(16-30(47-2)33(20)44)35(45)43-18-23-10-12-28(43)31(23)37)29-15-22-9-11-26(39-34(22)42(29)17-21-7-8-21)25-5-3-4-6-27(25)41-14-13-38-36(41)46/h3-6,9,11,15-16,19,21,23,28,31H,7-8,10,12-14,17-18,37H2,1-2H3,(H,38,46)/t23?,28?,31-/m1/s1. The average Bonchev–Trinajstić information content (AvgIpc) is 3.33. The lowest BCUT2D eigenvalue weighted by molar-refractivity contribution is 0.0699. The molecule has 2 aliphatic carbocycles. The number of hydrogen-bond donors (Lipinski definition) is 2. The number of para-hydroxylation sites is 1. The second-order valence-corrected chi connectivity index (χ2v) is 13.6. The van der Waals surface area contributed by atoms with Gasteiger partial charge in [0.15, 0.2) is 0 Å². The topological polar surface area (TPSA) is 123 Å². The van der Waals surface area contributed by atoms with E-state index in [1.165, 1.54) is 12.8 Å². The Morgan fingerprint density at radius 3 is 2.68 bits per heavy atom. The van der Waals surface area contributed by atoms with Crippen LogP contribution in [0.3, 0.4) is 0 Å². The lowest BCUT2D eigenvalue weighted by Crippen LogP contribution is -2.41. The fraction of sp³-hybridized carbons (Fsp3) is 0.389. The zero-order valence-electron chi connectivity index (χ0n) is 26.6. The SMILES string of the molecule is COc1cc(C(=O)N2CC3CCC2[C@@H]3N)cn2nc(-c3cc4ccc(-c5ccccc5N5CCNC5=O)nc4n3CC3CC3)c(C)c12. The molecule has 2 aliphatic heterocycles. The number of ether oxygens (including phenoxy) is 1. The van der Waals surface area contributed by atoms with Gasteiger partial charge < -0.3 is 25.3 Å². The van der Waals surface area contributed by atoms with Crippen molar-refractivity contribution < 1.29 is 14.3 Å². The minimum absolute atomic E-state index is 0.0196. The molecule has 0 spiro atoms. The number of amides is 3. The van der Waals surface area contributed by atoms with E-state index in [1.54, 1.807) is 16.5 Å². The number of benzene rings is 1. The van der Waals surface area contributed by atoms with E-state index in [4.69, 9.17) is 20.6 Å². The fourth-order valence-electron chi connectivity index (χ4n) is 8.09. The van der Waals surface area contributed by atoms with Crippen LogP contribution >= 0.6 is 0 Å². The summed E-state index contributed by atoms with van der Waals surface area (Å²) < 4.78 is 9.98. The van der Waals surface area contributed by atoms with Crippen molar-refractivity contribution in [3.05, 3.63) is 65.9 Å². The van der Waals surface area contributed by atoms with Crippen LogP contribution in [-0.4, -0.2) is 74.8 Å². The number of aryl methyl sites for hydroxylation is 1. The number of carbonyl (C=O) groups excluding carboxylic acids is 2. The Morgan fingerprint density at radius 2 is 1.96 bits per heavy atom. The number of nitrogens with two attached hydrogens (primary N) is 1. The minimum Gasteiger partial charge on any atom is -0.494 e. The van der Waals surface area contributed by atoms with Crippen LogP contribution < -0.4 is 20.7 Å². The number of methoxy groups -OCH3 is 1. The van der Waals surface area contributed by atoms with Gasteiger partial charge in [0.05, 0.1) is 29.7 Å². The molecule has 2 saturated heterocycles. The molecule has 3 amide bonds. The van der Waals surface area contributed by atoms with Crippen molar-refractivity contribution in [2.45, 2.75) is 51.2 Å². The molecule has 47 heavy (non-hydrogen) atoms. The number of aromatic nitrogens is 4. The number of urea groups is 1. The number of rotatable bonds is 7. The number of fused-ring (bicyclic) bond motifs is 4. The summed E-state index contributed by atoms with van der Waals surface area (Å²) in [7, 11) is 1.64. The van der Waals surface area contributed by atoms with Crippen molar-refractivity contribution in [2.24, 2.45) is 17.6 Å². The van der Waals surface area contributed by atoms with Gasteiger partial charge in [0, 0.05) is 61.0 Å². The molecule has 11 nitrogen and oxygen atoms in total. The molecular weight excluding hydrogens is 592 g/mol. The van der Waals surface area contributed by atoms with Gasteiger partial charge in [-0.2, -0.15) is 5.10 Å². The van der Waals surface area contributed by atoms with Gasteiger partial charge in [-0.15, -0.1) is 0 Å². The molecule has 1 aromatic carbocycles. The minimum atomic E-state index is -0.0863. The zero-order valence-corrected chi connectivity index (χ0v) is 26.6. The Kier molecular flexibility index (Phi) is 6.37. The maximum atomic E-state index is 13.8. The number of anilines is 1. The number of hydrogen-bond acceptors (Lipinski definition) is 6. The summed E-state index contributed by atoms with van der Waals surface area (Å²) in [6.45, 7) is 4.86. The predicted molar refractivity (Wildman–Crippen MR) is 180 cm³/mol. The lowest BCUT2D eigenvalue weighted by Gasteiger charge is -2.27. The van der Waals surface area contributed by atoms with Crippen LogP contribution in [-0.2, 0) is 6.54 Å². The lowest BCUT2D eigenvalue weighted by atomic mass is 10.1. The molecule has 0 radical (unpaired) electrons. The number of piperidine rings is 1. The second kappa shape index (κ2) is 10.6. The number of carbonyl (C=O) groups is 2. The van der Waals surface area contributed by atoms with Crippen molar-refractivity contribution in [1.29, 1.82) is 0 Å². The van der Waals surface area contributed by atoms with Crippen molar-refractivity contribution in [3.8, 4) is 28.4 Å². The Hall–Kier alpha value is -4.90. The smallest absolute Gasteiger partial charge is 0.322 e. The number of nitrogens with zero attached hydrogens (tertiary/aromatic N) is 6. The number of pyridine rings is 2. The summed E-state index contributed by atoms with van der Waals surface area (Å²) in [5, 5.41) is 9.04. The van der Waals surface area contributed by atoms with E-state index in [0.717, 1.165) is 69.8 Å². The van der Waals surface area contributed by atoms with Gasteiger partial charge in [-0.3, -0.25) is 9.69 Å². The van der Waals surface area contributed by atoms with Crippen LogP contribution in [0, 0.1) is 18.8 Å². The number of nitrogens with one attached hydrogen (secondary N) is 1. The van der Waals surface area contributed by atoms with Crippen LogP contribution in [0.1, 0.15) is 41.6 Å². The van der Waals surface area contributed by atoms with Crippen LogP contribution in [0.5, 0.6) is 5.75 Å². The molecule has 240 valence electrons. The normalized spacial score (nSPS) is 22.2. The van der Waals surface area contributed by atoms with E-state index >= 15 is 0 Å². The molecule has 11 heteroatoms. The van der Waals surface area contributed by atoms with Crippen LogP contribution in [0.25, 0.3) is 39.2 Å². The van der Waals surface area contributed by atoms with Gasteiger partial charge in [0.2, 0.25) is 0 Å². The Labute approximate surface area is 272 Å². The molecule has 9 rings (SSSR count). The second-order valence-electron chi connectivity index (χ2n) is 13.6. The highest BCUT2D eigenvalue weighted by atomic mass is 16.5. The van der Waals surface area contributed by atoms with Crippen molar-refractivity contribution >= 4 is 34.2 Å². The maximum absolute atomic E-state index is 13.8.